The van der Waals surface area contributed by atoms with E-state index in [4.69, 9.17) is 23.7 Å². The monoisotopic (exact) mass is 587 g/mol. The second-order valence-corrected chi connectivity index (χ2v) is 10.5. The van der Waals surface area contributed by atoms with E-state index in [1.807, 2.05) is 48.5 Å². The van der Waals surface area contributed by atoms with Crippen molar-refractivity contribution in [3.63, 3.8) is 0 Å². The zero-order valence-corrected chi connectivity index (χ0v) is 24.0. The Labute approximate surface area is 246 Å². The lowest BCUT2D eigenvalue weighted by molar-refractivity contribution is -0.200. The summed E-state index contributed by atoms with van der Waals surface area (Å²) in [6, 6.07) is 20.3. The van der Waals surface area contributed by atoms with Gasteiger partial charge in [-0.1, -0.05) is 36.4 Å². The van der Waals surface area contributed by atoms with Crippen molar-refractivity contribution in [2.75, 3.05) is 28.4 Å². The van der Waals surface area contributed by atoms with Crippen molar-refractivity contribution in [2.24, 2.45) is 0 Å². The number of hydrogen-bond acceptors (Lipinski definition) is 5. The van der Waals surface area contributed by atoms with Crippen LogP contribution in [0.4, 0.5) is 13.2 Å². The number of methoxy groups -OCH3 is 4. The van der Waals surface area contributed by atoms with Crippen LogP contribution in [-0.4, -0.2) is 39.2 Å². The van der Waals surface area contributed by atoms with E-state index in [2.05, 4.69) is 0 Å². The third-order valence-corrected chi connectivity index (χ3v) is 8.38. The molecule has 0 N–H and O–H groups in total. The Morgan fingerprint density at radius 3 is 2.16 bits per heavy atom. The number of benzene rings is 4. The van der Waals surface area contributed by atoms with E-state index in [1.54, 1.807) is 44.1 Å². The molecule has 43 heavy (non-hydrogen) atoms. The molecule has 0 saturated carbocycles. The van der Waals surface area contributed by atoms with Crippen LogP contribution in [0.3, 0.4) is 0 Å². The average Bonchev–Trinajstić information content (AvgIpc) is 3.38. The number of aromatic nitrogens is 1. The quantitative estimate of drug-likeness (QED) is 0.207. The molecule has 1 aromatic heterocycles. The molecule has 2 aliphatic heterocycles. The molecular formula is C34H28F3NO5. The first-order chi connectivity index (χ1) is 20.8. The van der Waals surface area contributed by atoms with Gasteiger partial charge in [-0.3, -0.25) is 0 Å². The van der Waals surface area contributed by atoms with Crippen LogP contribution >= 0.6 is 0 Å². The summed E-state index contributed by atoms with van der Waals surface area (Å²) in [6.45, 7) is 0.326. The van der Waals surface area contributed by atoms with Crippen molar-refractivity contribution in [3.8, 4) is 62.3 Å². The van der Waals surface area contributed by atoms with Crippen LogP contribution in [0.25, 0.3) is 44.3 Å². The van der Waals surface area contributed by atoms with Crippen LogP contribution < -0.4 is 23.7 Å². The van der Waals surface area contributed by atoms with Gasteiger partial charge in [-0.2, -0.15) is 13.2 Å². The van der Waals surface area contributed by atoms with Crippen LogP contribution in [0.2, 0.25) is 0 Å². The summed E-state index contributed by atoms with van der Waals surface area (Å²) in [4.78, 5) is 0. The van der Waals surface area contributed by atoms with E-state index in [0.717, 1.165) is 16.5 Å². The molecule has 0 saturated heterocycles. The predicted octanol–water partition coefficient (Wildman–Crippen LogP) is 8.23. The summed E-state index contributed by atoms with van der Waals surface area (Å²) in [5.74, 6) is 2.25. The lowest BCUT2D eigenvalue weighted by Gasteiger charge is -2.32. The van der Waals surface area contributed by atoms with Crippen molar-refractivity contribution in [2.45, 2.75) is 25.2 Å². The number of hydrogen-bond donors (Lipinski definition) is 0. The fourth-order valence-corrected chi connectivity index (χ4v) is 6.51. The van der Waals surface area contributed by atoms with Crippen molar-refractivity contribution in [1.82, 2.24) is 4.57 Å². The Bertz CT molecular complexity index is 1910. The van der Waals surface area contributed by atoms with E-state index in [1.165, 1.54) is 7.11 Å². The molecular weight excluding hydrogens is 559 g/mol. The van der Waals surface area contributed by atoms with Gasteiger partial charge in [-0.15, -0.1) is 0 Å². The molecule has 0 aliphatic carbocycles. The number of rotatable bonds is 5. The summed E-state index contributed by atoms with van der Waals surface area (Å²) in [6.07, 6.45) is -6.34. The van der Waals surface area contributed by atoms with Gasteiger partial charge in [0.1, 0.15) is 5.75 Å². The minimum absolute atomic E-state index is 0.0792. The zero-order valence-electron chi connectivity index (χ0n) is 24.0. The third kappa shape index (κ3) is 4.01. The van der Waals surface area contributed by atoms with E-state index in [0.29, 0.717) is 69.3 Å². The van der Waals surface area contributed by atoms with E-state index >= 15 is 13.2 Å². The minimum atomic E-state index is -4.68. The third-order valence-electron chi connectivity index (χ3n) is 8.38. The molecule has 0 spiro atoms. The molecule has 9 heteroatoms. The number of fused-ring (bicyclic) bond motifs is 9. The molecule has 0 radical (unpaired) electrons. The lowest BCUT2D eigenvalue weighted by atomic mass is 9.87. The van der Waals surface area contributed by atoms with Crippen molar-refractivity contribution >= 4 is 10.8 Å². The first-order valence-corrected chi connectivity index (χ1v) is 13.8. The highest BCUT2D eigenvalue weighted by Crippen LogP contribution is 2.58. The molecule has 6 nitrogen and oxygen atoms in total. The van der Waals surface area contributed by atoms with Crippen LogP contribution in [0.1, 0.15) is 17.4 Å². The second kappa shape index (κ2) is 9.90. The van der Waals surface area contributed by atoms with Gasteiger partial charge in [-0.25, -0.2) is 0 Å². The summed E-state index contributed by atoms with van der Waals surface area (Å²) in [5, 5.41) is 1.42. The fourth-order valence-electron chi connectivity index (χ4n) is 6.51. The van der Waals surface area contributed by atoms with Gasteiger partial charge in [0.25, 0.3) is 0 Å². The Morgan fingerprint density at radius 1 is 0.744 bits per heavy atom. The highest BCUT2D eigenvalue weighted by Gasteiger charge is 2.51. The fraction of sp³-hybridized carbons (Fsp3) is 0.235. The Balaban J connectivity index is 1.65. The van der Waals surface area contributed by atoms with E-state index in [-0.39, 0.29) is 11.4 Å². The lowest BCUT2D eigenvalue weighted by Crippen LogP contribution is -2.31. The summed E-state index contributed by atoms with van der Waals surface area (Å²) >= 11 is 0. The van der Waals surface area contributed by atoms with Gasteiger partial charge in [0.2, 0.25) is 6.10 Å². The molecule has 220 valence electrons. The SMILES string of the molecule is COc1ccc(-c2c3c(n4c2-c2cc(OC)c(OC)cc2CC4)C(C(F)(F)F)Oc2c-3ccc3ccccc23)cc1OC. The standard InChI is InChI=1S/C34H28F3NO5/c1-39-24-12-10-20(16-25(24)40-2)28-29-22-11-9-18-7-5-6-8-21(18)32(22)43-33(34(35,36)37)31(29)38-14-13-19-15-26(41-3)27(42-4)17-23(19)30(28)38/h5-12,15-17,33H,13-14H2,1-4H3. The molecule has 3 heterocycles. The van der Waals surface area contributed by atoms with Gasteiger partial charge in [0.05, 0.1) is 39.8 Å². The largest absolute Gasteiger partial charge is 0.493 e. The Hall–Kier alpha value is -4.79. The molecule has 7 rings (SSSR count). The number of halogens is 3. The van der Waals surface area contributed by atoms with Crippen molar-refractivity contribution < 1.29 is 36.9 Å². The Morgan fingerprint density at radius 2 is 1.44 bits per heavy atom. The number of nitrogens with zero attached hydrogens (tertiary/aromatic N) is 1. The minimum Gasteiger partial charge on any atom is -0.493 e. The van der Waals surface area contributed by atoms with Gasteiger partial charge in [0.15, 0.2) is 23.0 Å². The van der Waals surface area contributed by atoms with Crippen LogP contribution in [0.5, 0.6) is 28.7 Å². The average molecular weight is 588 g/mol. The van der Waals surface area contributed by atoms with Crippen molar-refractivity contribution in [3.05, 3.63) is 78.0 Å². The first kappa shape index (κ1) is 27.1. The van der Waals surface area contributed by atoms with Gasteiger partial charge in [-0.05, 0) is 53.3 Å². The normalized spacial score (nSPS) is 15.1. The predicted molar refractivity (Wildman–Crippen MR) is 158 cm³/mol. The van der Waals surface area contributed by atoms with Crippen LogP contribution in [0.15, 0.2) is 66.7 Å². The molecule has 0 bridgehead atoms. The molecule has 1 unspecified atom stereocenters. The topological polar surface area (TPSA) is 51.1 Å². The molecule has 0 amide bonds. The zero-order chi connectivity index (χ0) is 30.0. The van der Waals surface area contributed by atoms with Gasteiger partial charge < -0.3 is 28.3 Å². The van der Waals surface area contributed by atoms with Crippen molar-refractivity contribution in [1.29, 1.82) is 0 Å². The maximum Gasteiger partial charge on any atom is 0.431 e. The number of alkyl halides is 3. The number of aryl methyl sites for hydroxylation is 1. The second-order valence-electron chi connectivity index (χ2n) is 10.5. The van der Waals surface area contributed by atoms with Crippen LogP contribution in [-0.2, 0) is 13.0 Å². The molecule has 2 aliphatic rings. The molecule has 0 fully saturated rings. The summed E-state index contributed by atoms with van der Waals surface area (Å²) in [7, 11) is 6.19. The highest BCUT2D eigenvalue weighted by molar-refractivity contribution is 6.04. The molecule has 4 aromatic carbocycles. The van der Waals surface area contributed by atoms with Crippen LogP contribution in [0, 0.1) is 0 Å². The van der Waals surface area contributed by atoms with Gasteiger partial charge in [0, 0.05) is 34.2 Å². The smallest absolute Gasteiger partial charge is 0.431 e. The van der Waals surface area contributed by atoms with E-state index < -0.39 is 12.3 Å². The maximum atomic E-state index is 15.0. The maximum absolute atomic E-state index is 15.0. The van der Waals surface area contributed by atoms with Gasteiger partial charge >= 0.3 is 6.18 Å². The molecule has 1 atom stereocenters. The summed E-state index contributed by atoms with van der Waals surface area (Å²) in [5.41, 5.74) is 4.87. The summed E-state index contributed by atoms with van der Waals surface area (Å²) < 4.78 is 75.1. The number of ether oxygens (including phenoxy) is 5. The van der Waals surface area contributed by atoms with E-state index in [9.17, 15) is 0 Å². The first-order valence-electron chi connectivity index (χ1n) is 13.8. The highest BCUT2D eigenvalue weighted by atomic mass is 19.4. The molecule has 5 aromatic rings. The Kier molecular flexibility index (Phi) is 6.23.